The van der Waals surface area contributed by atoms with E-state index < -0.39 is 21.5 Å². The molecule has 2 rings (SSSR count). The van der Waals surface area contributed by atoms with Crippen molar-refractivity contribution in [1.82, 2.24) is 9.97 Å². The molecule has 5 nitrogen and oxygen atoms in total. The molecule has 0 spiro atoms. The minimum Gasteiger partial charge on any atom is -0.355 e. The zero-order chi connectivity index (χ0) is 17.4. The van der Waals surface area contributed by atoms with Gasteiger partial charge in [0, 0.05) is 11.3 Å². The van der Waals surface area contributed by atoms with Crippen LogP contribution in [-0.2, 0) is 16.5 Å². The molecule has 0 saturated heterocycles. The summed E-state index contributed by atoms with van der Waals surface area (Å²) in [6.07, 6.45) is 0.208. The van der Waals surface area contributed by atoms with Crippen molar-refractivity contribution < 1.29 is 25.8 Å². The number of rotatable bonds is 4. The van der Waals surface area contributed by atoms with Crippen LogP contribution in [0.5, 0.6) is 5.88 Å². The summed E-state index contributed by atoms with van der Waals surface area (Å²) < 4.78 is 64.6. The van der Waals surface area contributed by atoms with E-state index in [4.69, 9.17) is 11.6 Å². The molecule has 0 atom stereocenters. The molecule has 2 aromatic heterocycles. The highest BCUT2D eigenvalue weighted by molar-refractivity contribution is 7.87. The van der Waals surface area contributed by atoms with E-state index in [1.54, 1.807) is 19.1 Å². The Hall–Kier alpha value is -1.39. The van der Waals surface area contributed by atoms with Gasteiger partial charge in [0.2, 0.25) is 5.88 Å². The summed E-state index contributed by atoms with van der Waals surface area (Å²) >= 11 is 6.91. The van der Waals surface area contributed by atoms with Crippen LogP contribution in [0.25, 0.3) is 10.7 Å². The van der Waals surface area contributed by atoms with Gasteiger partial charge in [0.25, 0.3) is 0 Å². The minimum atomic E-state index is -5.81. The van der Waals surface area contributed by atoms with Gasteiger partial charge in [-0.15, -0.1) is 11.3 Å². The van der Waals surface area contributed by atoms with Crippen LogP contribution in [0.4, 0.5) is 13.2 Å². The van der Waals surface area contributed by atoms with Crippen LogP contribution in [0.2, 0.25) is 4.34 Å². The number of hydrogen-bond acceptors (Lipinski definition) is 6. The van der Waals surface area contributed by atoms with Gasteiger partial charge in [-0.25, -0.2) is 4.98 Å². The van der Waals surface area contributed by atoms with Crippen LogP contribution in [0.1, 0.15) is 18.2 Å². The van der Waals surface area contributed by atoms with Gasteiger partial charge in [0.1, 0.15) is 0 Å². The van der Waals surface area contributed by atoms with Crippen LogP contribution >= 0.6 is 22.9 Å². The van der Waals surface area contributed by atoms with Crippen LogP contribution in [0, 0.1) is 6.92 Å². The van der Waals surface area contributed by atoms with Crippen LogP contribution < -0.4 is 4.18 Å². The van der Waals surface area contributed by atoms with Crippen molar-refractivity contribution in [2.24, 2.45) is 0 Å². The highest BCUT2D eigenvalue weighted by Gasteiger charge is 2.49. The van der Waals surface area contributed by atoms with Gasteiger partial charge in [0.05, 0.1) is 9.21 Å². The number of aromatic nitrogens is 2. The van der Waals surface area contributed by atoms with E-state index in [-0.39, 0.29) is 17.8 Å². The van der Waals surface area contributed by atoms with E-state index in [9.17, 15) is 21.6 Å². The first-order valence-electron chi connectivity index (χ1n) is 6.19. The van der Waals surface area contributed by atoms with E-state index in [1.807, 2.05) is 0 Å². The maximum absolute atomic E-state index is 12.5. The molecule has 11 heteroatoms. The van der Waals surface area contributed by atoms with Crippen molar-refractivity contribution in [2.75, 3.05) is 0 Å². The zero-order valence-corrected chi connectivity index (χ0v) is 14.2. The molecule has 2 heterocycles. The number of alkyl halides is 3. The topological polar surface area (TPSA) is 69.2 Å². The maximum Gasteiger partial charge on any atom is 0.534 e. The van der Waals surface area contributed by atoms with Gasteiger partial charge in [-0.3, -0.25) is 0 Å². The molecule has 0 amide bonds. The lowest BCUT2D eigenvalue weighted by molar-refractivity contribution is -0.0501. The highest BCUT2D eigenvalue weighted by Crippen LogP contribution is 2.33. The molecule has 0 aromatic carbocycles. The van der Waals surface area contributed by atoms with E-state index in [0.717, 1.165) is 11.3 Å². The molecule has 0 N–H and O–H groups in total. The lowest BCUT2D eigenvalue weighted by Gasteiger charge is -2.13. The number of nitrogens with zero attached hydrogens (tertiary/aromatic N) is 2. The quantitative estimate of drug-likeness (QED) is 0.587. The predicted octanol–water partition coefficient (Wildman–Crippen LogP) is 3.96. The second kappa shape index (κ2) is 6.25. The summed E-state index contributed by atoms with van der Waals surface area (Å²) in [6, 6.07) is 3.15. The van der Waals surface area contributed by atoms with Crippen LogP contribution in [-0.4, -0.2) is 23.9 Å². The van der Waals surface area contributed by atoms with Gasteiger partial charge < -0.3 is 4.18 Å². The molecule has 0 aliphatic carbocycles. The molecule has 0 aliphatic heterocycles. The molecule has 0 saturated carbocycles. The Morgan fingerprint density at radius 1 is 1.30 bits per heavy atom. The van der Waals surface area contributed by atoms with Crippen molar-refractivity contribution in [3.63, 3.8) is 0 Å². The van der Waals surface area contributed by atoms with Crippen molar-refractivity contribution in [3.8, 4) is 16.6 Å². The third kappa shape index (κ3) is 3.75. The van der Waals surface area contributed by atoms with Gasteiger partial charge in [0.15, 0.2) is 5.82 Å². The molecular weight excluding hydrogens is 377 g/mol. The Morgan fingerprint density at radius 2 is 1.96 bits per heavy atom. The van der Waals surface area contributed by atoms with Crippen LogP contribution in [0.3, 0.4) is 0 Å². The summed E-state index contributed by atoms with van der Waals surface area (Å²) in [5, 5.41) is 0. The summed E-state index contributed by atoms with van der Waals surface area (Å²) in [4.78, 5) is 8.47. The first kappa shape index (κ1) is 18.0. The van der Waals surface area contributed by atoms with Crippen LogP contribution in [0.15, 0.2) is 12.1 Å². The first-order chi connectivity index (χ1) is 10.5. The second-order valence-electron chi connectivity index (χ2n) is 4.36. The molecule has 0 unspecified atom stereocenters. The lowest BCUT2D eigenvalue weighted by atomic mass is 10.2. The molecule has 0 fully saturated rings. The van der Waals surface area contributed by atoms with Gasteiger partial charge in [-0.2, -0.15) is 26.6 Å². The summed E-state index contributed by atoms with van der Waals surface area (Å²) in [5.41, 5.74) is -5.03. The van der Waals surface area contributed by atoms with E-state index in [0.29, 0.717) is 14.9 Å². The predicted molar refractivity (Wildman–Crippen MR) is 80.1 cm³/mol. The monoisotopic (exact) mass is 386 g/mol. The fraction of sp³-hybridized carbons (Fsp3) is 0.333. The van der Waals surface area contributed by atoms with E-state index in [1.165, 1.54) is 6.92 Å². The lowest BCUT2D eigenvalue weighted by Crippen LogP contribution is -2.29. The van der Waals surface area contributed by atoms with Crippen molar-refractivity contribution in [2.45, 2.75) is 25.8 Å². The Labute approximate surface area is 139 Å². The summed E-state index contributed by atoms with van der Waals surface area (Å²) in [6.45, 7) is 3.16. The normalized spacial score (nSPS) is 12.4. The third-order valence-electron chi connectivity index (χ3n) is 2.80. The molecule has 23 heavy (non-hydrogen) atoms. The van der Waals surface area contributed by atoms with Gasteiger partial charge in [-0.1, -0.05) is 18.5 Å². The first-order valence-corrected chi connectivity index (χ1v) is 8.79. The Kier molecular flexibility index (Phi) is 4.88. The molecule has 0 aliphatic rings. The fourth-order valence-corrected chi connectivity index (χ4v) is 3.16. The Bertz CT molecular complexity index is 835. The van der Waals surface area contributed by atoms with Crippen molar-refractivity contribution in [3.05, 3.63) is 27.7 Å². The molecule has 0 bridgehead atoms. The van der Waals surface area contributed by atoms with Gasteiger partial charge in [-0.05, 0) is 25.5 Å². The number of hydrogen-bond donors (Lipinski definition) is 0. The summed E-state index contributed by atoms with van der Waals surface area (Å²) in [7, 11) is -5.81. The SMILES string of the molecule is CCc1c(C)nc(-c2ccc(Cl)s2)nc1OS(=O)(=O)C(F)(F)F. The minimum absolute atomic E-state index is 0.0453. The standard InChI is InChI=1S/C12H10ClF3N2O3S2/c1-3-7-6(2)17-10(8-4-5-9(13)22-8)18-11(7)21-23(19,20)12(14,15)16/h4-5H,3H2,1-2H3. The molecule has 126 valence electrons. The average molecular weight is 387 g/mol. The number of thiophene rings is 1. The Balaban J connectivity index is 2.56. The maximum atomic E-state index is 12.5. The average Bonchev–Trinajstić information content (AvgIpc) is 2.83. The van der Waals surface area contributed by atoms with Crippen molar-refractivity contribution >= 4 is 33.1 Å². The van der Waals surface area contributed by atoms with E-state index >= 15 is 0 Å². The largest absolute Gasteiger partial charge is 0.534 e. The van der Waals surface area contributed by atoms with E-state index in [2.05, 4.69) is 14.2 Å². The zero-order valence-electron chi connectivity index (χ0n) is 11.8. The smallest absolute Gasteiger partial charge is 0.355 e. The molecule has 2 aromatic rings. The summed E-state index contributed by atoms with van der Waals surface area (Å²) in [5.74, 6) is -0.583. The van der Waals surface area contributed by atoms with Crippen molar-refractivity contribution in [1.29, 1.82) is 0 Å². The number of halogens is 4. The molecule has 0 radical (unpaired) electrons. The Morgan fingerprint density at radius 3 is 2.43 bits per heavy atom. The van der Waals surface area contributed by atoms with Gasteiger partial charge >= 0.3 is 15.6 Å². The highest BCUT2D eigenvalue weighted by atomic mass is 35.5. The second-order valence-corrected chi connectivity index (χ2v) is 7.61. The fourth-order valence-electron chi connectivity index (χ4n) is 1.74. The number of aryl methyl sites for hydroxylation is 1. The molecular formula is C12H10ClF3N2O3S2. The third-order valence-corrected chi connectivity index (χ3v) is 4.97.